The van der Waals surface area contributed by atoms with Gasteiger partial charge in [-0.15, -0.1) is 0 Å². The molecule has 2 nitrogen and oxygen atoms in total. The van der Waals surface area contributed by atoms with E-state index in [0.29, 0.717) is 5.92 Å². The average molecular weight is 392 g/mol. The van der Waals surface area contributed by atoms with Crippen LogP contribution in [0.15, 0.2) is 60.7 Å². The third-order valence-corrected chi connectivity index (χ3v) is 6.18. The number of hydrogen-bond donors (Lipinski definition) is 0. The number of aldehydes is 1. The number of hydrogen-bond acceptors (Lipinski definition) is 2. The number of halogens is 1. The molecule has 1 unspecified atom stereocenters. The predicted molar refractivity (Wildman–Crippen MR) is 118 cm³/mol. The zero-order chi connectivity index (χ0) is 19.3. The van der Waals surface area contributed by atoms with Crippen molar-refractivity contribution in [3.05, 3.63) is 82.4 Å². The summed E-state index contributed by atoms with van der Waals surface area (Å²) in [5.74, 6) is 0.594. The standard InChI is InChI=1S/C25H26ClNO/c26-24-11-9-22(10-12-24)25-4-2-1-3-23(25)17-27-15-13-21(14-16-27)20-7-5-19(18-28)6-8-20/h4-13,18,23H,1-3,14-17H2. The van der Waals surface area contributed by atoms with Gasteiger partial charge in [-0.3, -0.25) is 9.69 Å². The van der Waals surface area contributed by atoms with Gasteiger partial charge in [0.05, 0.1) is 0 Å². The van der Waals surface area contributed by atoms with E-state index in [4.69, 9.17) is 11.6 Å². The van der Waals surface area contributed by atoms with Crippen LogP contribution in [-0.2, 0) is 0 Å². The zero-order valence-corrected chi connectivity index (χ0v) is 16.9. The van der Waals surface area contributed by atoms with Gasteiger partial charge in [0.2, 0.25) is 0 Å². The lowest BCUT2D eigenvalue weighted by Gasteiger charge is -2.33. The minimum atomic E-state index is 0.594. The van der Waals surface area contributed by atoms with Crippen LogP contribution in [0, 0.1) is 5.92 Å². The molecule has 0 saturated heterocycles. The molecular formula is C25H26ClNO. The molecule has 2 aromatic rings. The van der Waals surface area contributed by atoms with E-state index in [1.54, 1.807) is 0 Å². The van der Waals surface area contributed by atoms with Crippen LogP contribution in [0.25, 0.3) is 11.1 Å². The third kappa shape index (κ3) is 4.45. The maximum absolute atomic E-state index is 10.8. The minimum Gasteiger partial charge on any atom is -0.299 e. The minimum absolute atomic E-state index is 0.594. The molecule has 1 atom stereocenters. The first kappa shape index (κ1) is 19.2. The highest BCUT2D eigenvalue weighted by Crippen LogP contribution is 2.34. The van der Waals surface area contributed by atoms with Crippen LogP contribution < -0.4 is 0 Å². The molecule has 2 aliphatic rings. The van der Waals surface area contributed by atoms with Crippen molar-refractivity contribution in [2.75, 3.05) is 19.6 Å². The first-order valence-electron chi connectivity index (χ1n) is 10.2. The Labute approximate surface area is 172 Å². The monoisotopic (exact) mass is 391 g/mol. The van der Waals surface area contributed by atoms with Gasteiger partial charge in [-0.1, -0.05) is 60.2 Å². The van der Waals surface area contributed by atoms with Gasteiger partial charge in [-0.2, -0.15) is 0 Å². The number of benzene rings is 2. The topological polar surface area (TPSA) is 20.3 Å². The zero-order valence-electron chi connectivity index (χ0n) is 16.1. The summed E-state index contributed by atoms with van der Waals surface area (Å²) in [6, 6.07) is 16.2. The Balaban J connectivity index is 1.42. The van der Waals surface area contributed by atoms with Gasteiger partial charge in [0, 0.05) is 30.2 Å². The number of allylic oxidation sites excluding steroid dienone is 1. The molecule has 0 amide bonds. The summed E-state index contributed by atoms with van der Waals surface area (Å²) in [7, 11) is 0. The van der Waals surface area contributed by atoms with E-state index in [1.807, 2.05) is 24.3 Å². The molecule has 3 heteroatoms. The van der Waals surface area contributed by atoms with Crippen LogP contribution in [-0.4, -0.2) is 30.8 Å². The normalized spacial score (nSPS) is 20.4. The lowest BCUT2D eigenvalue weighted by Crippen LogP contribution is -2.34. The quantitative estimate of drug-likeness (QED) is 0.572. The SMILES string of the molecule is O=Cc1ccc(C2=CCN(CC3CCCC=C3c3ccc(Cl)cc3)CC2)cc1. The molecule has 1 heterocycles. The van der Waals surface area contributed by atoms with E-state index in [1.165, 1.54) is 41.5 Å². The fraction of sp³-hybridized carbons (Fsp3) is 0.320. The van der Waals surface area contributed by atoms with Crippen molar-refractivity contribution in [2.24, 2.45) is 5.92 Å². The molecule has 0 bridgehead atoms. The average Bonchev–Trinajstić information content (AvgIpc) is 2.75. The van der Waals surface area contributed by atoms with Gasteiger partial charge >= 0.3 is 0 Å². The van der Waals surface area contributed by atoms with E-state index < -0.39 is 0 Å². The maximum Gasteiger partial charge on any atom is 0.150 e. The van der Waals surface area contributed by atoms with Crippen LogP contribution in [0.3, 0.4) is 0 Å². The smallest absolute Gasteiger partial charge is 0.150 e. The van der Waals surface area contributed by atoms with Gasteiger partial charge in [-0.25, -0.2) is 0 Å². The Bertz CT molecular complexity index is 880. The molecule has 2 aromatic carbocycles. The second-order valence-corrected chi connectivity index (χ2v) is 8.21. The Morgan fingerprint density at radius 2 is 1.75 bits per heavy atom. The van der Waals surface area contributed by atoms with E-state index in [9.17, 15) is 4.79 Å². The molecule has 0 fully saturated rings. The summed E-state index contributed by atoms with van der Waals surface area (Å²) < 4.78 is 0. The molecule has 0 aromatic heterocycles. The Morgan fingerprint density at radius 3 is 2.43 bits per heavy atom. The van der Waals surface area contributed by atoms with Crippen molar-refractivity contribution in [2.45, 2.75) is 25.7 Å². The molecular weight excluding hydrogens is 366 g/mol. The largest absolute Gasteiger partial charge is 0.299 e. The van der Waals surface area contributed by atoms with E-state index in [2.05, 4.69) is 41.3 Å². The summed E-state index contributed by atoms with van der Waals surface area (Å²) >= 11 is 6.07. The molecule has 28 heavy (non-hydrogen) atoms. The van der Waals surface area contributed by atoms with Crippen LogP contribution in [0.4, 0.5) is 0 Å². The third-order valence-electron chi connectivity index (χ3n) is 5.93. The van der Waals surface area contributed by atoms with Crippen molar-refractivity contribution in [3.63, 3.8) is 0 Å². The van der Waals surface area contributed by atoms with Gasteiger partial charge < -0.3 is 0 Å². The highest BCUT2D eigenvalue weighted by atomic mass is 35.5. The number of rotatable bonds is 5. The molecule has 4 rings (SSSR count). The molecule has 144 valence electrons. The Morgan fingerprint density at radius 1 is 1.00 bits per heavy atom. The van der Waals surface area contributed by atoms with E-state index in [-0.39, 0.29) is 0 Å². The molecule has 1 aliphatic heterocycles. The van der Waals surface area contributed by atoms with E-state index >= 15 is 0 Å². The van der Waals surface area contributed by atoms with Crippen molar-refractivity contribution < 1.29 is 4.79 Å². The number of nitrogens with zero attached hydrogens (tertiary/aromatic N) is 1. The molecule has 0 spiro atoms. The Hall–Kier alpha value is -2.16. The fourth-order valence-electron chi connectivity index (χ4n) is 4.36. The number of carbonyl (C=O) groups excluding carboxylic acids is 1. The molecule has 1 aliphatic carbocycles. The highest BCUT2D eigenvalue weighted by molar-refractivity contribution is 6.30. The maximum atomic E-state index is 10.8. The lowest BCUT2D eigenvalue weighted by molar-refractivity contribution is 0.112. The summed E-state index contributed by atoms with van der Waals surface area (Å²) in [5, 5.41) is 0.798. The first-order valence-corrected chi connectivity index (χ1v) is 10.5. The lowest BCUT2D eigenvalue weighted by atomic mass is 9.83. The van der Waals surface area contributed by atoms with E-state index in [0.717, 1.165) is 42.9 Å². The molecule has 0 radical (unpaired) electrons. The van der Waals surface area contributed by atoms with Crippen LogP contribution in [0.2, 0.25) is 5.02 Å². The van der Waals surface area contributed by atoms with Crippen molar-refractivity contribution in [1.29, 1.82) is 0 Å². The van der Waals surface area contributed by atoms with Crippen LogP contribution >= 0.6 is 11.6 Å². The van der Waals surface area contributed by atoms with Gasteiger partial charge in [0.25, 0.3) is 0 Å². The highest BCUT2D eigenvalue weighted by Gasteiger charge is 2.23. The van der Waals surface area contributed by atoms with Crippen LogP contribution in [0.1, 0.15) is 47.2 Å². The number of carbonyl (C=O) groups is 1. The van der Waals surface area contributed by atoms with Crippen molar-refractivity contribution >= 4 is 29.0 Å². The van der Waals surface area contributed by atoms with Crippen molar-refractivity contribution in [1.82, 2.24) is 4.90 Å². The second-order valence-electron chi connectivity index (χ2n) is 7.77. The van der Waals surface area contributed by atoms with Gasteiger partial charge in [0.15, 0.2) is 0 Å². The van der Waals surface area contributed by atoms with Gasteiger partial charge in [0.1, 0.15) is 6.29 Å². The summed E-state index contributed by atoms with van der Waals surface area (Å²) in [4.78, 5) is 13.4. The summed E-state index contributed by atoms with van der Waals surface area (Å²) in [6.07, 6.45) is 10.5. The second kappa shape index (κ2) is 8.89. The summed E-state index contributed by atoms with van der Waals surface area (Å²) in [6.45, 7) is 3.20. The van der Waals surface area contributed by atoms with Crippen LogP contribution in [0.5, 0.6) is 0 Å². The van der Waals surface area contributed by atoms with Gasteiger partial charge in [-0.05, 0) is 66.0 Å². The first-order chi connectivity index (χ1) is 13.7. The summed E-state index contributed by atoms with van der Waals surface area (Å²) in [5.41, 5.74) is 6.18. The molecule has 0 saturated carbocycles. The molecule has 0 N–H and O–H groups in total. The van der Waals surface area contributed by atoms with Crippen molar-refractivity contribution in [3.8, 4) is 0 Å². The fourth-order valence-corrected chi connectivity index (χ4v) is 4.48. The Kier molecular flexibility index (Phi) is 6.09. The predicted octanol–water partition coefficient (Wildman–Crippen LogP) is 6.13.